The molecule has 0 spiro atoms. The van der Waals surface area contributed by atoms with Crippen molar-refractivity contribution in [3.63, 3.8) is 0 Å². The first kappa shape index (κ1) is 15.3. The van der Waals surface area contributed by atoms with Crippen molar-refractivity contribution in [2.45, 2.75) is 58.1 Å². The highest BCUT2D eigenvalue weighted by atomic mass is 16.3. The normalized spacial score (nSPS) is 16.8. The third-order valence-electron chi connectivity index (χ3n) is 4.20. The van der Waals surface area contributed by atoms with E-state index >= 15 is 0 Å². The van der Waals surface area contributed by atoms with Crippen LogP contribution in [0.1, 0.15) is 51.7 Å². The van der Waals surface area contributed by atoms with Crippen molar-refractivity contribution in [1.82, 2.24) is 0 Å². The molecular formula is C18H27NO. The van der Waals surface area contributed by atoms with Crippen molar-refractivity contribution in [2.75, 3.05) is 0 Å². The first-order chi connectivity index (χ1) is 9.17. The monoisotopic (exact) mass is 273 g/mol. The second-order valence-electron chi connectivity index (χ2n) is 7.33. The molecule has 0 heterocycles. The summed E-state index contributed by atoms with van der Waals surface area (Å²) in [6.07, 6.45) is 4.99. The minimum Gasteiger partial charge on any atom is -0.390 e. The fraction of sp³-hybridized carbons (Fsp3) is 0.556. The molecule has 0 radical (unpaired) electrons. The van der Waals surface area contributed by atoms with Crippen molar-refractivity contribution in [3.05, 3.63) is 41.5 Å². The summed E-state index contributed by atoms with van der Waals surface area (Å²) in [6, 6.07) is 8.57. The molecule has 0 aromatic heterocycles. The Balaban J connectivity index is 2.18. The van der Waals surface area contributed by atoms with Gasteiger partial charge in [0.1, 0.15) is 0 Å². The predicted molar refractivity (Wildman–Crippen MR) is 85.4 cm³/mol. The van der Waals surface area contributed by atoms with E-state index in [9.17, 15) is 5.11 Å². The highest BCUT2D eigenvalue weighted by Crippen LogP contribution is 2.37. The van der Waals surface area contributed by atoms with Gasteiger partial charge in [-0.15, -0.1) is 0 Å². The third kappa shape index (κ3) is 3.71. The molecule has 0 fully saturated rings. The molecule has 1 aliphatic carbocycles. The van der Waals surface area contributed by atoms with Gasteiger partial charge in [0.2, 0.25) is 0 Å². The van der Waals surface area contributed by atoms with Crippen LogP contribution in [-0.4, -0.2) is 16.2 Å². The Labute approximate surface area is 122 Å². The Hall–Kier alpha value is -1.12. The Morgan fingerprint density at radius 2 is 1.85 bits per heavy atom. The van der Waals surface area contributed by atoms with Crippen LogP contribution in [0.5, 0.6) is 0 Å². The van der Waals surface area contributed by atoms with Crippen LogP contribution in [0.3, 0.4) is 0 Å². The van der Waals surface area contributed by atoms with E-state index < -0.39 is 5.60 Å². The van der Waals surface area contributed by atoms with E-state index in [1.807, 2.05) is 13.8 Å². The molecule has 1 aromatic rings. The zero-order valence-corrected chi connectivity index (χ0v) is 13.1. The second kappa shape index (κ2) is 5.34. The van der Waals surface area contributed by atoms with Gasteiger partial charge in [0.05, 0.1) is 5.60 Å². The Kier molecular flexibility index (Phi) is 4.08. The average molecular weight is 273 g/mol. The van der Waals surface area contributed by atoms with E-state index in [1.54, 1.807) is 0 Å². The summed E-state index contributed by atoms with van der Waals surface area (Å²) in [7, 11) is 0. The van der Waals surface area contributed by atoms with E-state index in [0.29, 0.717) is 0 Å². The van der Waals surface area contributed by atoms with Crippen molar-refractivity contribution in [1.29, 1.82) is 0 Å². The number of aliphatic hydroxyl groups is 1. The van der Waals surface area contributed by atoms with E-state index in [0.717, 1.165) is 19.3 Å². The molecule has 0 saturated heterocycles. The topological polar surface area (TPSA) is 46.2 Å². The Morgan fingerprint density at radius 3 is 2.45 bits per heavy atom. The van der Waals surface area contributed by atoms with Crippen molar-refractivity contribution in [3.8, 4) is 0 Å². The van der Waals surface area contributed by atoms with Gasteiger partial charge >= 0.3 is 0 Å². The summed E-state index contributed by atoms with van der Waals surface area (Å²) in [5.41, 5.74) is 9.52. The number of nitrogens with two attached hydrogens (primary N) is 1. The van der Waals surface area contributed by atoms with Gasteiger partial charge in [0.25, 0.3) is 0 Å². The molecule has 1 aliphatic rings. The van der Waals surface area contributed by atoms with Gasteiger partial charge in [-0.2, -0.15) is 0 Å². The van der Waals surface area contributed by atoms with Crippen molar-refractivity contribution in [2.24, 2.45) is 11.7 Å². The van der Waals surface area contributed by atoms with Crippen LogP contribution in [0.2, 0.25) is 0 Å². The lowest BCUT2D eigenvalue weighted by molar-refractivity contribution is 0.0410. The molecule has 2 rings (SSSR count). The summed E-state index contributed by atoms with van der Waals surface area (Å²) >= 11 is 0. The number of allylic oxidation sites excluding steroid dienone is 2. The van der Waals surface area contributed by atoms with Crippen LogP contribution in [-0.2, 0) is 6.42 Å². The largest absolute Gasteiger partial charge is 0.390 e. The van der Waals surface area contributed by atoms with E-state index in [4.69, 9.17) is 5.73 Å². The van der Waals surface area contributed by atoms with Crippen LogP contribution in [0.4, 0.5) is 0 Å². The predicted octanol–water partition coefficient (Wildman–Crippen LogP) is 3.53. The minimum atomic E-state index is -0.681. The van der Waals surface area contributed by atoms with Gasteiger partial charge in [-0.3, -0.25) is 0 Å². The Bertz CT molecular complexity index is 503. The molecule has 0 unspecified atom stereocenters. The van der Waals surface area contributed by atoms with Crippen LogP contribution in [0, 0.1) is 5.92 Å². The molecule has 110 valence electrons. The van der Waals surface area contributed by atoms with Crippen LogP contribution in [0.15, 0.2) is 30.3 Å². The third-order valence-corrected chi connectivity index (χ3v) is 4.20. The van der Waals surface area contributed by atoms with E-state index in [2.05, 4.69) is 44.2 Å². The number of fused-ring (bicyclic) bond motifs is 1. The fourth-order valence-corrected chi connectivity index (χ4v) is 3.01. The van der Waals surface area contributed by atoms with E-state index in [1.165, 1.54) is 16.7 Å². The molecule has 1 atom stereocenters. The molecule has 0 bridgehead atoms. The number of hydrogen-bond acceptors (Lipinski definition) is 2. The molecule has 20 heavy (non-hydrogen) atoms. The minimum absolute atomic E-state index is 0.264. The summed E-state index contributed by atoms with van der Waals surface area (Å²) in [6.45, 7) is 7.85. The molecule has 3 N–H and O–H groups in total. The molecule has 0 aliphatic heterocycles. The standard InChI is InChI=1S/C18H27NO/c1-17(2,20)12-15(18(3,4)19)11-14-10-9-13-7-5-6-8-16(13)14/h5-8,10,15,20H,9,11-12,19H2,1-4H3/t15-/m0/s1. The molecule has 2 nitrogen and oxygen atoms in total. The summed E-state index contributed by atoms with van der Waals surface area (Å²) in [5, 5.41) is 10.1. The zero-order chi connectivity index (χ0) is 15.0. The van der Waals surface area contributed by atoms with Gasteiger partial charge in [-0.1, -0.05) is 30.3 Å². The maximum atomic E-state index is 10.1. The SMILES string of the molecule is CC(C)(O)C[C@H](CC1=CCc2ccccc21)C(C)(C)N. The van der Waals surface area contributed by atoms with Crippen LogP contribution >= 0.6 is 0 Å². The van der Waals surface area contributed by atoms with Gasteiger partial charge in [-0.05, 0) is 69.6 Å². The van der Waals surface area contributed by atoms with Crippen LogP contribution < -0.4 is 5.73 Å². The van der Waals surface area contributed by atoms with Gasteiger partial charge in [0.15, 0.2) is 0 Å². The lowest BCUT2D eigenvalue weighted by atomic mass is 9.76. The summed E-state index contributed by atoms with van der Waals surface area (Å²) in [4.78, 5) is 0. The lowest BCUT2D eigenvalue weighted by Gasteiger charge is -2.35. The average Bonchev–Trinajstić information content (AvgIpc) is 2.69. The highest BCUT2D eigenvalue weighted by molar-refractivity contribution is 5.73. The van der Waals surface area contributed by atoms with Crippen molar-refractivity contribution >= 4 is 5.57 Å². The van der Waals surface area contributed by atoms with E-state index in [-0.39, 0.29) is 11.5 Å². The lowest BCUT2D eigenvalue weighted by Crippen LogP contribution is -2.44. The number of rotatable bonds is 5. The molecule has 0 saturated carbocycles. The zero-order valence-electron chi connectivity index (χ0n) is 13.1. The smallest absolute Gasteiger partial charge is 0.0595 e. The van der Waals surface area contributed by atoms with Gasteiger partial charge < -0.3 is 10.8 Å². The highest BCUT2D eigenvalue weighted by Gasteiger charge is 2.32. The summed E-state index contributed by atoms with van der Waals surface area (Å²) in [5.74, 6) is 0.264. The molecule has 2 heteroatoms. The number of benzene rings is 1. The summed E-state index contributed by atoms with van der Waals surface area (Å²) < 4.78 is 0. The second-order valence-corrected chi connectivity index (χ2v) is 7.33. The molecule has 1 aromatic carbocycles. The van der Waals surface area contributed by atoms with Gasteiger partial charge in [0, 0.05) is 5.54 Å². The molecular weight excluding hydrogens is 246 g/mol. The first-order valence-electron chi connectivity index (χ1n) is 7.45. The van der Waals surface area contributed by atoms with Gasteiger partial charge in [-0.25, -0.2) is 0 Å². The maximum absolute atomic E-state index is 10.1. The van der Waals surface area contributed by atoms with Crippen LogP contribution in [0.25, 0.3) is 5.57 Å². The quantitative estimate of drug-likeness (QED) is 0.862. The Morgan fingerprint density at radius 1 is 1.20 bits per heavy atom. The molecule has 0 amide bonds. The number of hydrogen-bond donors (Lipinski definition) is 2. The van der Waals surface area contributed by atoms with Crippen molar-refractivity contribution < 1.29 is 5.11 Å². The fourth-order valence-electron chi connectivity index (χ4n) is 3.01. The maximum Gasteiger partial charge on any atom is 0.0595 e. The first-order valence-corrected chi connectivity index (χ1v) is 7.45.